The summed E-state index contributed by atoms with van der Waals surface area (Å²) in [7, 11) is 0. The topological polar surface area (TPSA) is 128 Å². The van der Waals surface area contributed by atoms with Crippen molar-refractivity contribution in [2.45, 2.75) is 13.3 Å². The molecule has 0 aliphatic rings. The Morgan fingerprint density at radius 3 is 2.70 bits per heavy atom. The molecule has 0 saturated heterocycles. The maximum Gasteiger partial charge on any atom is 0.308 e. The van der Waals surface area contributed by atoms with Crippen LogP contribution in [0.4, 0.5) is 11.4 Å². The lowest BCUT2D eigenvalue weighted by molar-refractivity contribution is -0.385. The number of nitrogens with one attached hydrogen (secondary N) is 2. The average molecular weight is 391 g/mol. The molecule has 2 N–H and O–H groups in total. The number of anilines is 1. The van der Waals surface area contributed by atoms with Crippen molar-refractivity contribution in [3.05, 3.63) is 56.3 Å². The van der Waals surface area contributed by atoms with Crippen molar-refractivity contribution in [2.24, 2.45) is 0 Å². The van der Waals surface area contributed by atoms with Crippen molar-refractivity contribution >= 4 is 40.5 Å². The third-order valence-corrected chi connectivity index (χ3v) is 4.14. The zero-order chi connectivity index (χ0) is 19.8. The number of carbonyl (C=O) groups is 3. The molecule has 0 unspecified atom stereocenters. The molecule has 2 aromatic rings. The molecule has 27 heavy (non-hydrogen) atoms. The van der Waals surface area contributed by atoms with E-state index in [9.17, 15) is 24.5 Å². The average Bonchev–Trinajstić information content (AvgIpc) is 3.16. The Labute approximate surface area is 158 Å². The number of ether oxygens (including phenoxy) is 1. The highest BCUT2D eigenvalue weighted by atomic mass is 32.1. The summed E-state index contributed by atoms with van der Waals surface area (Å²) in [5.41, 5.74) is 1.09. The van der Waals surface area contributed by atoms with Crippen LogP contribution < -0.4 is 10.6 Å². The van der Waals surface area contributed by atoms with E-state index in [1.165, 1.54) is 29.5 Å². The molecule has 9 nitrogen and oxygen atoms in total. The minimum atomic E-state index is -0.648. The zero-order valence-electron chi connectivity index (χ0n) is 14.4. The molecule has 1 aromatic carbocycles. The minimum absolute atomic E-state index is 0.0826. The number of esters is 1. The van der Waals surface area contributed by atoms with Gasteiger partial charge in [-0.3, -0.25) is 24.5 Å². The molecule has 2 amide bonds. The normalized spacial score (nSPS) is 10.1. The van der Waals surface area contributed by atoms with Gasteiger partial charge in [0.2, 0.25) is 0 Å². The predicted molar refractivity (Wildman–Crippen MR) is 98.7 cm³/mol. The summed E-state index contributed by atoms with van der Waals surface area (Å²) in [6, 6.07) is 5.92. The van der Waals surface area contributed by atoms with Gasteiger partial charge in [-0.25, -0.2) is 0 Å². The van der Waals surface area contributed by atoms with Crippen LogP contribution in [0.3, 0.4) is 0 Å². The summed E-state index contributed by atoms with van der Waals surface area (Å²) in [6.45, 7) is 1.14. The number of hydrogen-bond donors (Lipinski definition) is 2. The van der Waals surface area contributed by atoms with E-state index in [4.69, 9.17) is 4.74 Å². The van der Waals surface area contributed by atoms with E-state index in [1.54, 1.807) is 23.8 Å². The van der Waals surface area contributed by atoms with Gasteiger partial charge < -0.3 is 15.4 Å². The van der Waals surface area contributed by atoms with E-state index in [1.807, 2.05) is 0 Å². The van der Waals surface area contributed by atoms with E-state index in [0.29, 0.717) is 11.1 Å². The number of carbonyl (C=O) groups excluding carboxylic acids is 3. The van der Waals surface area contributed by atoms with Gasteiger partial charge in [0.1, 0.15) is 0 Å². The second-order valence-electron chi connectivity index (χ2n) is 5.49. The number of rotatable bonds is 8. The maximum absolute atomic E-state index is 11.8. The highest BCUT2D eigenvalue weighted by molar-refractivity contribution is 7.08. The highest BCUT2D eigenvalue weighted by Crippen LogP contribution is 2.22. The Morgan fingerprint density at radius 1 is 1.26 bits per heavy atom. The number of hydrogen-bond acceptors (Lipinski definition) is 7. The number of nitro benzene ring substituents is 1. The lowest BCUT2D eigenvalue weighted by Gasteiger charge is -2.08. The maximum atomic E-state index is 11.8. The third kappa shape index (κ3) is 6.19. The van der Waals surface area contributed by atoms with Crippen LogP contribution in [0, 0.1) is 17.0 Å². The van der Waals surface area contributed by atoms with Gasteiger partial charge in [0.15, 0.2) is 6.61 Å². The van der Waals surface area contributed by atoms with Crippen LogP contribution in [0.2, 0.25) is 0 Å². The minimum Gasteiger partial charge on any atom is -0.456 e. The summed E-state index contributed by atoms with van der Waals surface area (Å²) >= 11 is 1.39. The number of benzene rings is 1. The molecule has 0 fully saturated rings. The van der Waals surface area contributed by atoms with Gasteiger partial charge in [0.05, 0.1) is 11.3 Å². The lowest BCUT2D eigenvalue weighted by Crippen LogP contribution is -2.27. The lowest BCUT2D eigenvalue weighted by atomic mass is 10.2. The van der Waals surface area contributed by atoms with Crippen LogP contribution in [-0.2, 0) is 14.3 Å². The first-order valence-corrected chi connectivity index (χ1v) is 8.82. The Hall–Kier alpha value is -3.27. The van der Waals surface area contributed by atoms with Gasteiger partial charge in [-0.05, 0) is 24.4 Å². The second kappa shape index (κ2) is 9.43. The Bertz CT molecular complexity index is 850. The smallest absolute Gasteiger partial charge is 0.308 e. The Kier molecular flexibility index (Phi) is 7.00. The van der Waals surface area contributed by atoms with Crippen LogP contribution in [0.1, 0.15) is 22.3 Å². The first-order valence-electron chi connectivity index (χ1n) is 7.87. The second-order valence-corrected chi connectivity index (χ2v) is 6.27. The molecule has 0 atom stereocenters. The van der Waals surface area contributed by atoms with Gasteiger partial charge >= 0.3 is 5.97 Å². The Morgan fingerprint density at radius 2 is 2.04 bits per heavy atom. The van der Waals surface area contributed by atoms with Crippen LogP contribution in [0.5, 0.6) is 0 Å². The molecule has 142 valence electrons. The molecular weight excluding hydrogens is 374 g/mol. The summed E-state index contributed by atoms with van der Waals surface area (Å²) in [4.78, 5) is 45.4. The standard InChI is InChI=1S/C17H17N3O6S/c1-11-2-3-13(8-14(11)20(24)25)19-15(21)9-26-16(22)4-6-18-17(23)12-5-7-27-10-12/h2-3,5,7-8,10H,4,6,9H2,1H3,(H,18,23)(H,19,21). The molecule has 0 aliphatic heterocycles. The molecule has 0 radical (unpaired) electrons. The highest BCUT2D eigenvalue weighted by Gasteiger charge is 2.14. The first kappa shape index (κ1) is 20.0. The van der Waals surface area contributed by atoms with Gasteiger partial charge in [0, 0.05) is 34.8 Å². The van der Waals surface area contributed by atoms with Crippen molar-refractivity contribution in [1.82, 2.24) is 5.32 Å². The summed E-state index contributed by atoms with van der Waals surface area (Å²) in [6.07, 6.45) is -0.0842. The van der Waals surface area contributed by atoms with E-state index in [-0.39, 0.29) is 30.2 Å². The van der Waals surface area contributed by atoms with Crippen molar-refractivity contribution in [1.29, 1.82) is 0 Å². The fraction of sp³-hybridized carbons (Fsp3) is 0.235. The number of thiophene rings is 1. The van der Waals surface area contributed by atoms with E-state index in [0.717, 1.165) is 0 Å². The van der Waals surface area contributed by atoms with Crippen LogP contribution in [0.25, 0.3) is 0 Å². The molecule has 0 saturated carbocycles. The molecule has 0 spiro atoms. The number of amides is 2. The zero-order valence-corrected chi connectivity index (χ0v) is 15.2. The Balaban J connectivity index is 1.72. The van der Waals surface area contributed by atoms with Gasteiger partial charge in [-0.2, -0.15) is 11.3 Å². The number of nitro groups is 1. The molecular formula is C17H17N3O6S. The van der Waals surface area contributed by atoms with Gasteiger partial charge in [0.25, 0.3) is 17.5 Å². The van der Waals surface area contributed by atoms with Crippen LogP contribution in [-0.4, -0.2) is 35.9 Å². The molecule has 0 aliphatic carbocycles. The van der Waals surface area contributed by atoms with Crippen LogP contribution >= 0.6 is 11.3 Å². The fourth-order valence-electron chi connectivity index (χ4n) is 2.07. The van der Waals surface area contributed by atoms with Crippen molar-refractivity contribution < 1.29 is 24.0 Å². The fourth-order valence-corrected chi connectivity index (χ4v) is 2.71. The monoisotopic (exact) mass is 391 g/mol. The van der Waals surface area contributed by atoms with Gasteiger partial charge in [-0.15, -0.1) is 0 Å². The quantitative estimate of drug-likeness (QED) is 0.404. The van der Waals surface area contributed by atoms with Crippen molar-refractivity contribution in [2.75, 3.05) is 18.5 Å². The van der Waals surface area contributed by atoms with E-state index < -0.39 is 23.4 Å². The number of aryl methyl sites for hydroxylation is 1. The van der Waals surface area contributed by atoms with E-state index in [2.05, 4.69) is 10.6 Å². The predicted octanol–water partition coefficient (Wildman–Crippen LogP) is 2.27. The van der Waals surface area contributed by atoms with Gasteiger partial charge in [-0.1, -0.05) is 6.07 Å². The molecule has 2 rings (SSSR count). The third-order valence-electron chi connectivity index (χ3n) is 3.45. The largest absolute Gasteiger partial charge is 0.456 e. The number of nitrogens with zero attached hydrogens (tertiary/aromatic N) is 1. The molecule has 1 aromatic heterocycles. The SMILES string of the molecule is Cc1ccc(NC(=O)COC(=O)CCNC(=O)c2ccsc2)cc1[N+](=O)[O-]. The van der Waals surface area contributed by atoms with E-state index >= 15 is 0 Å². The van der Waals surface area contributed by atoms with Crippen molar-refractivity contribution in [3.8, 4) is 0 Å². The summed E-state index contributed by atoms with van der Waals surface area (Å²) in [5.74, 6) is -1.56. The molecule has 0 bridgehead atoms. The van der Waals surface area contributed by atoms with Crippen LogP contribution in [0.15, 0.2) is 35.0 Å². The summed E-state index contributed by atoms with van der Waals surface area (Å²) in [5, 5.41) is 19.3. The first-order chi connectivity index (χ1) is 12.9. The summed E-state index contributed by atoms with van der Waals surface area (Å²) < 4.78 is 4.82. The molecule has 10 heteroatoms. The van der Waals surface area contributed by atoms with Crippen molar-refractivity contribution in [3.63, 3.8) is 0 Å². The molecule has 1 heterocycles.